The Labute approximate surface area is 208 Å². The van der Waals surface area contributed by atoms with Crippen molar-refractivity contribution < 1.29 is 19.1 Å². The van der Waals surface area contributed by atoms with Gasteiger partial charge >= 0.3 is 12.2 Å². The van der Waals surface area contributed by atoms with E-state index in [0.29, 0.717) is 13.2 Å². The van der Waals surface area contributed by atoms with Crippen molar-refractivity contribution in [2.45, 2.75) is 83.1 Å². The van der Waals surface area contributed by atoms with Crippen LogP contribution in [0.5, 0.6) is 0 Å². The Morgan fingerprint density at radius 1 is 0.600 bits per heavy atom. The Balaban J connectivity index is 1.06. The first-order valence-corrected chi connectivity index (χ1v) is 13.1. The van der Waals surface area contributed by atoms with Gasteiger partial charge in [0, 0.05) is 12.1 Å². The van der Waals surface area contributed by atoms with Crippen molar-refractivity contribution in [2.75, 3.05) is 0 Å². The van der Waals surface area contributed by atoms with Crippen LogP contribution in [0.25, 0.3) is 0 Å². The number of hydrogen-bond acceptors (Lipinski definition) is 4. The minimum atomic E-state index is -0.314. The van der Waals surface area contributed by atoms with Crippen LogP contribution in [0, 0.1) is 11.8 Å². The second-order valence-corrected chi connectivity index (χ2v) is 10.1. The van der Waals surface area contributed by atoms with E-state index in [4.69, 9.17) is 9.47 Å². The molecule has 0 radical (unpaired) electrons. The van der Waals surface area contributed by atoms with E-state index in [1.54, 1.807) is 0 Å². The molecule has 2 aromatic carbocycles. The highest BCUT2D eigenvalue weighted by atomic mass is 16.6. The Hall–Kier alpha value is -3.02. The largest absolute Gasteiger partial charge is 0.445 e. The maximum Gasteiger partial charge on any atom is 0.407 e. The van der Waals surface area contributed by atoms with E-state index in [1.165, 1.54) is 6.42 Å². The Morgan fingerprint density at radius 2 is 0.971 bits per heavy atom. The summed E-state index contributed by atoms with van der Waals surface area (Å²) in [5.74, 6) is 1.47. The molecule has 2 aromatic rings. The summed E-state index contributed by atoms with van der Waals surface area (Å²) < 4.78 is 10.7. The van der Waals surface area contributed by atoms with Gasteiger partial charge in [-0.25, -0.2) is 9.59 Å². The molecule has 2 saturated carbocycles. The zero-order chi connectivity index (χ0) is 24.3. The molecule has 0 heterocycles. The molecular formula is C29H38N2O4. The van der Waals surface area contributed by atoms with Crippen LogP contribution in [0.15, 0.2) is 60.7 Å². The summed E-state index contributed by atoms with van der Waals surface area (Å²) in [7, 11) is 0. The quantitative estimate of drug-likeness (QED) is 0.464. The third kappa shape index (κ3) is 8.61. The Morgan fingerprint density at radius 3 is 1.34 bits per heavy atom. The van der Waals surface area contributed by atoms with Gasteiger partial charge in [0.25, 0.3) is 0 Å². The second kappa shape index (κ2) is 13.2. The number of benzene rings is 2. The molecule has 6 heteroatoms. The maximum atomic E-state index is 12.1. The number of alkyl carbamates (subject to hydrolysis) is 2. The van der Waals surface area contributed by atoms with Crippen LogP contribution in [0.3, 0.4) is 0 Å². The minimum Gasteiger partial charge on any atom is -0.445 e. The fourth-order valence-corrected chi connectivity index (χ4v) is 5.42. The standard InChI is InChI=1S/C29H38N2O4/c32-28(34-20-24-7-3-1-4-8-24)30-26-15-11-22(12-16-26)19-23-13-17-27(18-14-23)31-29(33)35-21-25-9-5-2-6-10-25/h1-10,22-23,26-27H,11-21H2,(H,30,32)(H,31,33). The van der Waals surface area contributed by atoms with Gasteiger partial charge < -0.3 is 20.1 Å². The van der Waals surface area contributed by atoms with Gasteiger partial charge in [-0.15, -0.1) is 0 Å². The topological polar surface area (TPSA) is 76.7 Å². The number of rotatable bonds is 8. The average Bonchev–Trinajstić information content (AvgIpc) is 2.90. The Bertz CT molecular complexity index is 829. The van der Waals surface area contributed by atoms with Crippen molar-refractivity contribution in [1.29, 1.82) is 0 Å². The van der Waals surface area contributed by atoms with Gasteiger partial charge in [-0.05, 0) is 80.8 Å². The third-order valence-corrected chi connectivity index (χ3v) is 7.43. The van der Waals surface area contributed by atoms with Crippen LogP contribution in [-0.2, 0) is 22.7 Å². The molecule has 4 rings (SSSR count). The smallest absolute Gasteiger partial charge is 0.407 e. The van der Waals surface area contributed by atoms with E-state index < -0.39 is 0 Å². The lowest BCUT2D eigenvalue weighted by atomic mass is 9.76. The fraction of sp³-hybridized carbons (Fsp3) is 0.517. The monoisotopic (exact) mass is 478 g/mol. The minimum absolute atomic E-state index is 0.219. The number of hydrogen-bond donors (Lipinski definition) is 2. The van der Waals surface area contributed by atoms with Crippen molar-refractivity contribution in [3.63, 3.8) is 0 Å². The van der Waals surface area contributed by atoms with Crippen molar-refractivity contribution >= 4 is 12.2 Å². The maximum absolute atomic E-state index is 12.1. The van der Waals surface area contributed by atoms with E-state index >= 15 is 0 Å². The first-order chi connectivity index (χ1) is 17.1. The highest BCUT2D eigenvalue weighted by Crippen LogP contribution is 2.35. The van der Waals surface area contributed by atoms with Gasteiger partial charge in [-0.3, -0.25) is 0 Å². The van der Waals surface area contributed by atoms with E-state index in [-0.39, 0.29) is 24.3 Å². The number of nitrogens with one attached hydrogen (secondary N) is 2. The van der Waals surface area contributed by atoms with Gasteiger partial charge in [-0.1, -0.05) is 60.7 Å². The van der Waals surface area contributed by atoms with Crippen LogP contribution in [0.4, 0.5) is 9.59 Å². The molecule has 0 unspecified atom stereocenters. The molecule has 35 heavy (non-hydrogen) atoms. The molecule has 0 atom stereocenters. The summed E-state index contributed by atoms with van der Waals surface area (Å²) in [5.41, 5.74) is 2.00. The summed E-state index contributed by atoms with van der Waals surface area (Å²) in [6.45, 7) is 0.620. The van der Waals surface area contributed by atoms with Crippen LogP contribution in [0.1, 0.15) is 68.9 Å². The molecule has 2 aliphatic carbocycles. The van der Waals surface area contributed by atoms with Gasteiger partial charge in [0.15, 0.2) is 0 Å². The summed E-state index contributed by atoms with van der Waals surface area (Å²) >= 11 is 0. The third-order valence-electron chi connectivity index (χ3n) is 7.43. The number of amides is 2. The van der Waals surface area contributed by atoms with Gasteiger partial charge in [0.2, 0.25) is 0 Å². The predicted molar refractivity (Wildman–Crippen MR) is 136 cm³/mol. The molecular weight excluding hydrogens is 440 g/mol. The van der Waals surface area contributed by atoms with E-state index in [2.05, 4.69) is 10.6 Å². The highest BCUT2D eigenvalue weighted by molar-refractivity contribution is 5.68. The summed E-state index contributed by atoms with van der Waals surface area (Å²) in [6, 6.07) is 20.0. The molecule has 188 valence electrons. The zero-order valence-corrected chi connectivity index (χ0v) is 20.5. The highest BCUT2D eigenvalue weighted by Gasteiger charge is 2.28. The van der Waals surface area contributed by atoms with Crippen LogP contribution < -0.4 is 10.6 Å². The summed E-state index contributed by atoms with van der Waals surface area (Å²) in [4.78, 5) is 24.3. The zero-order valence-electron chi connectivity index (χ0n) is 20.5. The molecule has 0 saturated heterocycles. The average molecular weight is 479 g/mol. The van der Waals surface area contributed by atoms with E-state index in [0.717, 1.165) is 74.3 Å². The van der Waals surface area contributed by atoms with Crippen molar-refractivity contribution in [3.8, 4) is 0 Å². The van der Waals surface area contributed by atoms with Crippen molar-refractivity contribution in [1.82, 2.24) is 10.6 Å². The van der Waals surface area contributed by atoms with E-state index in [9.17, 15) is 9.59 Å². The molecule has 2 N–H and O–H groups in total. The van der Waals surface area contributed by atoms with Gasteiger partial charge in [0.05, 0.1) is 0 Å². The summed E-state index contributed by atoms with van der Waals surface area (Å²) in [6.07, 6.45) is 9.37. The molecule has 0 spiro atoms. The van der Waals surface area contributed by atoms with Crippen LogP contribution >= 0.6 is 0 Å². The van der Waals surface area contributed by atoms with Crippen molar-refractivity contribution in [3.05, 3.63) is 71.8 Å². The van der Waals surface area contributed by atoms with Crippen molar-refractivity contribution in [2.24, 2.45) is 11.8 Å². The second-order valence-electron chi connectivity index (χ2n) is 10.1. The molecule has 0 aromatic heterocycles. The first kappa shape index (κ1) is 25.1. The number of carbonyl (C=O) groups excluding carboxylic acids is 2. The lowest BCUT2D eigenvalue weighted by Gasteiger charge is -2.34. The normalized spacial score (nSPS) is 24.2. The molecule has 2 fully saturated rings. The van der Waals surface area contributed by atoms with Crippen LogP contribution in [-0.4, -0.2) is 24.3 Å². The van der Waals surface area contributed by atoms with Gasteiger partial charge in [0.1, 0.15) is 13.2 Å². The lowest BCUT2D eigenvalue weighted by Crippen LogP contribution is -2.39. The molecule has 0 bridgehead atoms. The SMILES string of the molecule is O=C(NC1CCC(CC2CCC(NC(=O)OCc3ccccc3)CC2)CC1)OCc1ccccc1. The van der Waals surface area contributed by atoms with Crippen LogP contribution in [0.2, 0.25) is 0 Å². The summed E-state index contributed by atoms with van der Waals surface area (Å²) in [5, 5.41) is 6.09. The molecule has 2 amide bonds. The Kier molecular flexibility index (Phi) is 9.44. The van der Waals surface area contributed by atoms with Gasteiger partial charge in [-0.2, -0.15) is 0 Å². The molecule has 0 aliphatic heterocycles. The molecule has 2 aliphatic rings. The molecule has 6 nitrogen and oxygen atoms in total. The number of carbonyl (C=O) groups is 2. The first-order valence-electron chi connectivity index (χ1n) is 13.1. The predicted octanol–water partition coefficient (Wildman–Crippen LogP) is 6.35. The number of ether oxygens (including phenoxy) is 2. The van der Waals surface area contributed by atoms with E-state index in [1.807, 2.05) is 60.7 Å². The fourth-order valence-electron chi connectivity index (χ4n) is 5.42. The lowest BCUT2D eigenvalue weighted by molar-refractivity contribution is 0.127.